The fourth-order valence-corrected chi connectivity index (χ4v) is 5.21. The molecule has 2 aromatic heterocycles. The van der Waals surface area contributed by atoms with Crippen LogP contribution in [-0.4, -0.2) is 22.3 Å². The van der Waals surface area contributed by atoms with Crippen molar-refractivity contribution in [3.05, 3.63) is 63.1 Å². The van der Waals surface area contributed by atoms with Crippen LogP contribution in [0, 0.1) is 0 Å². The third-order valence-electron chi connectivity index (χ3n) is 5.32. The molecule has 3 heterocycles. The summed E-state index contributed by atoms with van der Waals surface area (Å²) in [6, 6.07) is 12.1. The first-order chi connectivity index (χ1) is 14.1. The lowest BCUT2D eigenvalue weighted by atomic mass is 9.85. The van der Waals surface area contributed by atoms with Gasteiger partial charge >= 0.3 is 0 Å². The van der Waals surface area contributed by atoms with E-state index in [0.29, 0.717) is 25.8 Å². The highest BCUT2D eigenvalue weighted by atomic mass is 32.1. The minimum Gasteiger partial charge on any atom is -0.351 e. The minimum absolute atomic E-state index is 0.00301. The Labute approximate surface area is 178 Å². The Balaban J connectivity index is 1.34. The summed E-state index contributed by atoms with van der Waals surface area (Å²) >= 11 is 3.21. The highest BCUT2D eigenvalue weighted by molar-refractivity contribution is 7.10. The smallest absolute Gasteiger partial charge is 0.220 e. The van der Waals surface area contributed by atoms with Crippen molar-refractivity contribution >= 4 is 34.5 Å². The van der Waals surface area contributed by atoms with E-state index in [4.69, 9.17) is 0 Å². The Kier molecular flexibility index (Phi) is 6.06. The van der Waals surface area contributed by atoms with Gasteiger partial charge in [0.05, 0.1) is 22.6 Å². The summed E-state index contributed by atoms with van der Waals surface area (Å²) in [6.45, 7) is 0.470. The molecular weight excluding hydrogens is 402 g/mol. The van der Waals surface area contributed by atoms with Gasteiger partial charge in [-0.05, 0) is 41.7 Å². The first-order valence-corrected chi connectivity index (χ1v) is 11.5. The van der Waals surface area contributed by atoms with Crippen molar-refractivity contribution in [2.24, 2.45) is 0 Å². The molecule has 150 valence electrons. The maximum absolute atomic E-state index is 12.5. The molecule has 7 heteroatoms. The van der Waals surface area contributed by atoms with Gasteiger partial charge in [-0.3, -0.25) is 9.59 Å². The van der Waals surface area contributed by atoms with Crippen LogP contribution in [0.15, 0.2) is 52.7 Å². The lowest BCUT2D eigenvalue weighted by Crippen LogP contribution is -2.44. The normalized spacial score (nSPS) is 18.6. The average Bonchev–Trinajstić information content (AvgIpc) is 3.48. The molecule has 0 spiro atoms. The van der Waals surface area contributed by atoms with Crippen LogP contribution in [0.5, 0.6) is 0 Å². The van der Waals surface area contributed by atoms with Gasteiger partial charge in [-0.25, -0.2) is 4.98 Å². The fraction of sp³-hybridized carbons (Fsp3) is 0.318. The SMILES string of the molecule is O=C(CC[C@@]1(Cc2ccsc2)CCC(=O)N1)NCc1scnc1-c1ccccc1. The van der Waals surface area contributed by atoms with Crippen molar-refractivity contribution < 1.29 is 9.59 Å². The molecule has 0 unspecified atom stereocenters. The monoisotopic (exact) mass is 425 g/mol. The molecule has 1 atom stereocenters. The number of amides is 2. The van der Waals surface area contributed by atoms with Crippen LogP contribution in [0.1, 0.15) is 36.1 Å². The molecule has 3 aromatic rings. The van der Waals surface area contributed by atoms with Crippen LogP contribution < -0.4 is 10.6 Å². The van der Waals surface area contributed by atoms with Gasteiger partial charge in [-0.2, -0.15) is 11.3 Å². The van der Waals surface area contributed by atoms with Crippen molar-refractivity contribution in [3.8, 4) is 11.3 Å². The Bertz CT molecular complexity index is 969. The highest BCUT2D eigenvalue weighted by Gasteiger charge is 2.37. The number of nitrogens with zero attached hydrogens (tertiary/aromatic N) is 1. The third kappa shape index (κ3) is 4.92. The quantitative estimate of drug-likeness (QED) is 0.569. The number of rotatable bonds is 8. The van der Waals surface area contributed by atoms with E-state index in [1.54, 1.807) is 22.7 Å². The van der Waals surface area contributed by atoms with E-state index in [2.05, 4.69) is 27.1 Å². The number of carbonyl (C=O) groups is 2. The summed E-state index contributed by atoms with van der Waals surface area (Å²) in [5.74, 6) is 0.0843. The van der Waals surface area contributed by atoms with E-state index in [-0.39, 0.29) is 17.4 Å². The molecule has 0 radical (unpaired) electrons. The predicted molar refractivity (Wildman–Crippen MR) is 117 cm³/mol. The Morgan fingerprint density at radius 3 is 2.83 bits per heavy atom. The van der Waals surface area contributed by atoms with Crippen molar-refractivity contribution in [2.45, 2.75) is 44.2 Å². The number of thiophene rings is 1. The number of hydrogen-bond acceptors (Lipinski definition) is 5. The number of carbonyl (C=O) groups excluding carboxylic acids is 2. The second kappa shape index (κ2) is 8.88. The molecular formula is C22H23N3O2S2. The summed E-state index contributed by atoms with van der Waals surface area (Å²) < 4.78 is 0. The summed E-state index contributed by atoms with van der Waals surface area (Å²) in [5.41, 5.74) is 4.70. The minimum atomic E-state index is -0.310. The predicted octanol–water partition coefficient (Wildman–Crippen LogP) is 4.16. The molecule has 1 fully saturated rings. The van der Waals surface area contributed by atoms with E-state index in [1.165, 1.54) is 5.56 Å². The Morgan fingerprint density at radius 1 is 1.24 bits per heavy atom. The molecule has 4 rings (SSSR count). The van der Waals surface area contributed by atoms with Crippen molar-refractivity contribution in [2.75, 3.05) is 0 Å². The zero-order chi connectivity index (χ0) is 20.1. The van der Waals surface area contributed by atoms with E-state index in [1.807, 2.05) is 41.2 Å². The highest BCUT2D eigenvalue weighted by Crippen LogP contribution is 2.30. The standard InChI is InChI=1S/C22H23N3O2S2/c26-19(23-13-18-21(24-15-29-18)17-4-2-1-3-5-17)6-9-22(10-7-20(27)25-22)12-16-8-11-28-14-16/h1-5,8,11,14-15H,6-7,9-10,12-13H2,(H,23,26)(H,25,27)/t22-/m0/s1. The molecule has 1 aliphatic heterocycles. The third-order valence-corrected chi connectivity index (χ3v) is 6.89. The molecule has 0 saturated carbocycles. The molecule has 2 N–H and O–H groups in total. The van der Waals surface area contributed by atoms with Crippen LogP contribution in [0.2, 0.25) is 0 Å². The van der Waals surface area contributed by atoms with Crippen LogP contribution in [0.25, 0.3) is 11.3 Å². The largest absolute Gasteiger partial charge is 0.351 e. The number of nitrogens with one attached hydrogen (secondary N) is 2. The molecule has 29 heavy (non-hydrogen) atoms. The van der Waals surface area contributed by atoms with Gasteiger partial charge in [-0.1, -0.05) is 30.3 Å². The van der Waals surface area contributed by atoms with Gasteiger partial charge < -0.3 is 10.6 Å². The molecule has 5 nitrogen and oxygen atoms in total. The average molecular weight is 426 g/mol. The first kappa shape index (κ1) is 19.8. The molecule has 2 amide bonds. The lowest BCUT2D eigenvalue weighted by molar-refractivity contribution is -0.122. The van der Waals surface area contributed by atoms with E-state index in [9.17, 15) is 9.59 Å². The second-order valence-electron chi connectivity index (χ2n) is 7.40. The number of thiazole rings is 1. The van der Waals surface area contributed by atoms with Gasteiger partial charge in [0.1, 0.15) is 0 Å². The number of benzene rings is 1. The van der Waals surface area contributed by atoms with Gasteiger partial charge in [0.2, 0.25) is 11.8 Å². The maximum Gasteiger partial charge on any atom is 0.220 e. The van der Waals surface area contributed by atoms with E-state index < -0.39 is 0 Å². The molecule has 0 aliphatic carbocycles. The number of hydrogen-bond donors (Lipinski definition) is 2. The number of aromatic nitrogens is 1. The van der Waals surface area contributed by atoms with Gasteiger partial charge in [0.15, 0.2) is 0 Å². The summed E-state index contributed by atoms with van der Waals surface area (Å²) in [6.07, 6.45) is 3.14. The fourth-order valence-electron chi connectivity index (χ4n) is 3.81. The van der Waals surface area contributed by atoms with E-state index >= 15 is 0 Å². The second-order valence-corrected chi connectivity index (χ2v) is 9.12. The summed E-state index contributed by atoms with van der Waals surface area (Å²) in [4.78, 5) is 29.9. The molecule has 1 saturated heterocycles. The Hall–Kier alpha value is -2.51. The maximum atomic E-state index is 12.5. The van der Waals surface area contributed by atoms with Crippen molar-refractivity contribution in [1.82, 2.24) is 15.6 Å². The summed E-state index contributed by atoms with van der Waals surface area (Å²) in [5, 5.41) is 10.3. The molecule has 1 aromatic carbocycles. The van der Waals surface area contributed by atoms with Crippen LogP contribution >= 0.6 is 22.7 Å². The molecule has 1 aliphatic rings. The molecule has 0 bridgehead atoms. The lowest BCUT2D eigenvalue weighted by Gasteiger charge is -2.29. The van der Waals surface area contributed by atoms with Crippen LogP contribution in [-0.2, 0) is 22.6 Å². The zero-order valence-electron chi connectivity index (χ0n) is 16.0. The van der Waals surface area contributed by atoms with Crippen LogP contribution in [0.3, 0.4) is 0 Å². The van der Waals surface area contributed by atoms with Crippen LogP contribution in [0.4, 0.5) is 0 Å². The van der Waals surface area contributed by atoms with E-state index in [0.717, 1.165) is 29.0 Å². The van der Waals surface area contributed by atoms with Gasteiger partial charge in [0, 0.05) is 23.9 Å². The van der Waals surface area contributed by atoms with Gasteiger partial charge in [0.25, 0.3) is 0 Å². The Morgan fingerprint density at radius 2 is 2.10 bits per heavy atom. The van der Waals surface area contributed by atoms with Crippen molar-refractivity contribution in [1.29, 1.82) is 0 Å². The van der Waals surface area contributed by atoms with Gasteiger partial charge in [-0.15, -0.1) is 11.3 Å². The first-order valence-electron chi connectivity index (χ1n) is 9.70. The van der Waals surface area contributed by atoms with Crippen molar-refractivity contribution in [3.63, 3.8) is 0 Å². The summed E-state index contributed by atoms with van der Waals surface area (Å²) in [7, 11) is 0. The zero-order valence-corrected chi connectivity index (χ0v) is 17.7. The topological polar surface area (TPSA) is 71.1 Å².